The Balaban J connectivity index is 1.42. The Bertz CT molecular complexity index is 1340. The van der Waals surface area contributed by atoms with E-state index in [9.17, 15) is 18.8 Å². The Morgan fingerprint density at radius 2 is 1.89 bits per heavy atom. The van der Waals surface area contributed by atoms with Gasteiger partial charge in [0, 0.05) is 5.56 Å². The van der Waals surface area contributed by atoms with Gasteiger partial charge >= 0.3 is 0 Å². The van der Waals surface area contributed by atoms with Crippen molar-refractivity contribution >= 4 is 52.2 Å². The number of amides is 3. The van der Waals surface area contributed by atoms with Crippen LogP contribution in [-0.4, -0.2) is 35.6 Å². The number of carbonyl (C=O) groups excluding carboxylic acids is 3. The predicted molar refractivity (Wildman–Crippen MR) is 136 cm³/mol. The maximum Gasteiger partial charge on any atom is 0.294 e. The minimum Gasteiger partial charge on any atom is -0.495 e. The average Bonchev–Trinajstić information content (AvgIpc) is 3.11. The summed E-state index contributed by atoms with van der Waals surface area (Å²) in [5, 5.41) is 2.35. The molecule has 1 fully saturated rings. The lowest BCUT2D eigenvalue weighted by molar-refractivity contribution is -0.127. The third-order valence-electron chi connectivity index (χ3n) is 5.16. The molecule has 7 nitrogen and oxygen atoms in total. The molecule has 3 aromatic rings. The molecule has 0 radical (unpaired) electrons. The van der Waals surface area contributed by atoms with Crippen LogP contribution < -0.4 is 14.8 Å². The molecule has 184 valence electrons. The molecular formula is C26H20ClFN2O5S. The Morgan fingerprint density at radius 1 is 1.11 bits per heavy atom. The van der Waals surface area contributed by atoms with Gasteiger partial charge in [0.05, 0.1) is 22.7 Å². The second-order valence-electron chi connectivity index (χ2n) is 7.58. The summed E-state index contributed by atoms with van der Waals surface area (Å²) in [6.45, 7) is -0.514. The second kappa shape index (κ2) is 11.3. The number of thioether (sulfide) groups is 1. The summed E-state index contributed by atoms with van der Waals surface area (Å²) >= 11 is 6.78. The predicted octanol–water partition coefficient (Wildman–Crippen LogP) is 5.74. The maximum absolute atomic E-state index is 14.0. The third kappa shape index (κ3) is 5.87. The van der Waals surface area contributed by atoms with E-state index >= 15 is 0 Å². The molecule has 4 rings (SSSR count). The van der Waals surface area contributed by atoms with E-state index in [1.807, 2.05) is 0 Å². The number of anilines is 1. The highest BCUT2D eigenvalue weighted by molar-refractivity contribution is 8.18. The number of nitrogens with zero attached hydrogens (tertiary/aromatic N) is 1. The van der Waals surface area contributed by atoms with Gasteiger partial charge < -0.3 is 14.8 Å². The Morgan fingerprint density at radius 3 is 2.67 bits per heavy atom. The first-order chi connectivity index (χ1) is 17.4. The van der Waals surface area contributed by atoms with Gasteiger partial charge in [-0.1, -0.05) is 41.9 Å². The van der Waals surface area contributed by atoms with Crippen molar-refractivity contribution in [2.24, 2.45) is 0 Å². The molecule has 10 heteroatoms. The van der Waals surface area contributed by atoms with Gasteiger partial charge in [0.25, 0.3) is 11.1 Å². The molecule has 0 saturated carbocycles. The Labute approximate surface area is 215 Å². The van der Waals surface area contributed by atoms with E-state index < -0.39 is 29.4 Å². The first-order valence-corrected chi connectivity index (χ1v) is 11.9. The summed E-state index contributed by atoms with van der Waals surface area (Å²) in [6, 6.07) is 18.0. The first kappa shape index (κ1) is 25.3. The molecular weight excluding hydrogens is 507 g/mol. The minimum absolute atomic E-state index is 0.0766. The minimum atomic E-state index is -0.579. The summed E-state index contributed by atoms with van der Waals surface area (Å²) in [7, 11) is 1.47. The fourth-order valence-electron chi connectivity index (χ4n) is 3.39. The number of nitrogens with one attached hydrogen (secondary N) is 1. The molecule has 1 heterocycles. The molecule has 3 amide bonds. The third-order valence-corrected chi connectivity index (χ3v) is 6.42. The first-order valence-electron chi connectivity index (χ1n) is 10.7. The SMILES string of the molecule is COc1ccccc1NC(=O)CN1C(=O)S/C(=C/c2cccc(OCc3c(F)cccc3Cl)c2)C1=O. The van der Waals surface area contributed by atoms with Crippen LogP contribution in [0.25, 0.3) is 6.08 Å². The van der Waals surface area contributed by atoms with Crippen molar-refractivity contribution in [2.75, 3.05) is 19.0 Å². The van der Waals surface area contributed by atoms with Gasteiger partial charge in [-0.2, -0.15) is 0 Å². The maximum atomic E-state index is 14.0. The molecule has 3 aromatic carbocycles. The zero-order chi connectivity index (χ0) is 25.7. The van der Waals surface area contributed by atoms with Crippen LogP contribution in [-0.2, 0) is 16.2 Å². The van der Waals surface area contributed by atoms with E-state index in [4.69, 9.17) is 21.1 Å². The van der Waals surface area contributed by atoms with Crippen molar-refractivity contribution in [3.8, 4) is 11.5 Å². The molecule has 0 aliphatic carbocycles. The van der Waals surface area contributed by atoms with E-state index in [0.717, 1.165) is 16.7 Å². The molecule has 0 atom stereocenters. The van der Waals surface area contributed by atoms with Crippen molar-refractivity contribution in [1.29, 1.82) is 0 Å². The summed E-state index contributed by atoms with van der Waals surface area (Å²) in [5.41, 5.74) is 1.26. The molecule has 1 aliphatic rings. The van der Waals surface area contributed by atoms with Crippen LogP contribution in [0.1, 0.15) is 11.1 Å². The van der Waals surface area contributed by atoms with Crippen LogP contribution in [0.3, 0.4) is 0 Å². The zero-order valence-electron chi connectivity index (χ0n) is 19.0. The van der Waals surface area contributed by atoms with Crippen LogP contribution in [0.15, 0.2) is 71.6 Å². The molecule has 0 bridgehead atoms. The zero-order valence-corrected chi connectivity index (χ0v) is 20.6. The van der Waals surface area contributed by atoms with Crippen molar-refractivity contribution in [2.45, 2.75) is 6.61 Å². The summed E-state index contributed by atoms with van der Waals surface area (Å²) in [4.78, 5) is 38.8. The number of benzene rings is 3. The Kier molecular flexibility index (Phi) is 7.92. The number of para-hydroxylation sites is 2. The van der Waals surface area contributed by atoms with E-state index in [1.165, 1.54) is 25.3 Å². The van der Waals surface area contributed by atoms with Crippen LogP contribution in [0.4, 0.5) is 14.9 Å². The molecule has 0 aromatic heterocycles. The normalized spacial score (nSPS) is 14.3. The molecule has 1 N–H and O–H groups in total. The van der Waals surface area contributed by atoms with Gasteiger partial charge in [-0.25, -0.2) is 4.39 Å². The highest BCUT2D eigenvalue weighted by Crippen LogP contribution is 2.33. The van der Waals surface area contributed by atoms with Crippen LogP contribution >= 0.6 is 23.4 Å². The number of hydrogen-bond donors (Lipinski definition) is 1. The van der Waals surface area contributed by atoms with E-state index in [0.29, 0.717) is 22.7 Å². The molecule has 36 heavy (non-hydrogen) atoms. The standard InChI is InChI=1S/C26H20ClFN2O5S/c1-34-22-11-3-2-10-21(22)29-24(31)14-30-25(32)23(36-26(30)33)13-16-6-4-7-17(12-16)35-15-18-19(27)8-5-9-20(18)28/h2-13H,14-15H2,1H3,(H,29,31)/b23-13+. The monoisotopic (exact) mass is 526 g/mol. The van der Waals surface area contributed by atoms with E-state index in [-0.39, 0.29) is 22.1 Å². The second-order valence-corrected chi connectivity index (χ2v) is 8.98. The lowest BCUT2D eigenvalue weighted by Crippen LogP contribution is -2.36. The number of methoxy groups -OCH3 is 1. The topological polar surface area (TPSA) is 84.9 Å². The number of rotatable bonds is 8. The number of halogens is 2. The van der Waals surface area contributed by atoms with Gasteiger partial charge in [0.1, 0.15) is 30.5 Å². The quantitative estimate of drug-likeness (QED) is 0.377. The molecule has 0 unspecified atom stereocenters. The van der Waals surface area contributed by atoms with Gasteiger partial charge in [-0.3, -0.25) is 19.3 Å². The fourth-order valence-corrected chi connectivity index (χ4v) is 4.44. The number of hydrogen-bond acceptors (Lipinski definition) is 6. The fraction of sp³-hybridized carbons (Fsp3) is 0.115. The van der Waals surface area contributed by atoms with Crippen LogP contribution in [0, 0.1) is 5.82 Å². The highest BCUT2D eigenvalue weighted by Gasteiger charge is 2.36. The average molecular weight is 527 g/mol. The van der Waals surface area contributed by atoms with Crippen molar-refractivity contribution in [3.63, 3.8) is 0 Å². The molecule has 0 spiro atoms. The number of carbonyl (C=O) groups is 3. The van der Waals surface area contributed by atoms with Gasteiger partial charge in [0.15, 0.2) is 0 Å². The summed E-state index contributed by atoms with van der Waals surface area (Å²) < 4.78 is 24.8. The van der Waals surface area contributed by atoms with Crippen molar-refractivity contribution < 1.29 is 28.2 Å². The summed E-state index contributed by atoms with van der Waals surface area (Å²) in [5.74, 6) is -0.699. The van der Waals surface area contributed by atoms with Crippen LogP contribution in [0.5, 0.6) is 11.5 Å². The van der Waals surface area contributed by atoms with Crippen molar-refractivity contribution in [3.05, 3.63) is 93.6 Å². The highest BCUT2D eigenvalue weighted by atomic mass is 35.5. The smallest absolute Gasteiger partial charge is 0.294 e. The largest absolute Gasteiger partial charge is 0.495 e. The van der Waals surface area contributed by atoms with E-state index in [1.54, 1.807) is 54.6 Å². The lowest BCUT2D eigenvalue weighted by atomic mass is 10.2. The van der Waals surface area contributed by atoms with Crippen molar-refractivity contribution in [1.82, 2.24) is 4.90 Å². The Hall–Kier alpha value is -3.82. The van der Waals surface area contributed by atoms with Gasteiger partial charge in [-0.15, -0.1) is 0 Å². The van der Waals surface area contributed by atoms with Crippen LogP contribution in [0.2, 0.25) is 5.02 Å². The van der Waals surface area contributed by atoms with E-state index in [2.05, 4.69) is 5.32 Å². The summed E-state index contributed by atoms with van der Waals surface area (Å²) in [6.07, 6.45) is 1.53. The molecule has 1 saturated heterocycles. The van der Waals surface area contributed by atoms with Gasteiger partial charge in [0.2, 0.25) is 5.91 Å². The lowest BCUT2D eigenvalue weighted by Gasteiger charge is -2.14. The molecule has 1 aliphatic heterocycles. The van der Waals surface area contributed by atoms with Gasteiger partial charge in [-0.05, 0) is 59.8 Å². The number of ether oxygens (including phenoxy) is 2. The number of imide groups is 1.